The van der Waals surface area contributed by atoms with Crippen LogP contribution < -0.4 is 0 Å². The SMILES string of the molecule is CC(C)CC(SC#N)C(=O)c1ccc(Cl)c(Cl)c1. The number of rotatable bonds is 5. The van der Waals surface area contributed by atoms with Gasteiger partial charge in [-0.2, -0.15) is 5.26 Å². The van der Waals surface area contributed by atoms with Crippen LogP contribution in [0.5, 0.6) is 0 Å². The van der Waals surface area contributed by atoms with Gasteiger partial charge in [0.1, 0.15) is 5.40 Å². The Morgan fingerprint density at radius 1 is 1.39 bits per heavy atom. The van der Waals surface area contributed by atoms with Gasteiger partial charge in [-0.25, -0.2) is 0 Å². The summed E-state index contributed by atoms with van der Waals surface area (Å²) in [7, 11) is 0. The Balaban J connectivity index is 2.95. The van der Waals surface area contributed by atoms with Crippen LogP contribution in [-0.4, -0.2) is 11.0 Å². The van der Waals surface area contributed by atoms with Crippen molar-refractivity contribution in [3.8, 4) is 5.40 Å². The van der Waals surface area contributed by atoms with E-state index in [9.17, 15) is 4.79 Å². The van der Waals surface area contributed by atoms with Crippen molar-refractivity contribution >= 4 is 40.7 Å². The van der Waals surface area contributed by atoms with Gasteiger partial charge in [-0.15, -0.1) is 0 Å². The summed E-state index contributed by atoms with van der Waals surface area (Å²) in [6, 6.07) is 4.79. The van der Waals surface area contributed by atoms with Crippen LogP contribution in [0.3, 0.4) is 0 Å². The number of hydrogen-bond donors (Lipinski definition) is 0. The van der Waals surface area contributed by atoms with Gasteiger partial charge in [0, 0.05) is 5.56 Å². The van der Waals surface area contributed by atoms with Gasteiger partial charge < -0.3 is 0 Å². The largest absolute Gasteiger partial charge is 0.293 e. The van der Waals surface area contributed by atoms with Crippen molar-refractivity contribution < 1.29 is 4.79 Å². The van der Waals surface area contributed by atoms with Crippen LogP contribution in [0.1, 0.15) is 30.6 Å². The van der Waals surface area contributed by atoms with Crippen molar-refractivity contribution in [2.45, 2.75) is 25.5 Å². The van der Waals surface area contributed by atoms with E-state index in [1.54, 1.807) is 18.2 Å². The number of thiocyanates is 1. The highest BCUT2D eigenvalue weighted by atomic mass is 35.5. The van der Waals surface area contributed by atoms with E-state index in [1.165, 1.54) is 0 Å². The zero-order valence-corrected chi connectivity index (χ0v) is 12.4. The van der Waals surface area contributed by atoms with E-state index in [4.69, 9.17) is 28.5 Å². The van der Waals surface area contributed by atoms with E-state index < -0.39 is 0 Å². The normalized spacial score (nSPS) is 12.2. The van der Waals surface area contributed by atoms with Crippen LogP contribution >= 0.6 is 35.0 Å². The fraction of sp³-hybridized carbons (Fsp3) is 0.385. The molecule has 0 bridgehead atoms. The second-order valence-electron chi connectivity index (χ2n) is 4.32. The first-order valence-electron chi connectivity index (χ1n) is 5.49. The molecule has 0 radical (unpaired) electrons. The summed E-state index contributed by atoms with van der Waals surface area (Å²) in [5.41, 5.74) is 0.498. The second-order valence-corrected chi connectivity index (χ2v) is 6.12. The van der Waals surface area contributed by atoms with Crippen LogP contribution in [0.25, 0.3) is 0 Å². The van der Waals surface area contributed by atoms with E-state index in [1.807, 2.05) is 19.2 Å². The van der Waals surface area contributed by atoms with Gasteiger partial charge in [0.15, 0.2) is 5.78 Å². The minimum Gasteiger partial charge on any atom is -0.293 e. The molecule has 0 saturated heterocycles. The minimum atomic E-state index is -0.354. The van der Waals surface area contributed by atoms with Crippen molar-refractivity contribution in [2.24, 2.45) is 5.92 Å². The standard InChI is InChI=1S/C13H13Cl2NOS/c1-8(2)5-12(18-7-16)13(17)9-3-4-10(14)11(15)6-9/h3-4,6,8,12H,5H2,1-2H3. The molecule has 5 heteroatoms. The first kappa shape index (κ1) is 15.4. The lowest BCUT2D eigenvalue weighted by Gasteiger charge is -2.14. The van der Waals surface area contributed by atoms with E-state index in [-0.39, 0.29) is 11.0 Å². The van der Waals surface area contributed by atoms with Crippen molar-refractivity contribution in [1.29, 1.82) is 5.26 Å². The van der Waals surface area contributed by atoms with E-state index in [0.29, 0.717) is 27.9 Å². The fourth-order valence-electron chi connectivity index (χ4n) is 1.54. The molecule has 0 aliphatic rings. The monoisotopic (exact) mass is 301 g/mol. The second kappa shape index (κ2) is 7.04. The Morgan fingerprint density at radius 3 is 2.56 bits per heavy atom. The summed E-state index contributed by atoms with van der Waals surface area (Å²) < 4.78 is 0. The molecule has 2 nitrogen and oxygen atoms in total. The number of thioether (sulfide) groups is 1. The number of benzene rings is 1. The van der Waals surface area contributed by atoms with E-state index in [0.717, 1.165) is 11.8 Å². The Labute approximate surface area is 121 Å². The molecule has 0 spiro atoms. The first-order valence-corrected chi connectivity index (χ1v) is 7.13. The number of halogens is 2. The quantitative estimate of drug-likeness (QED) is 0.579. The van der Waals surface area contributed by atoms with Gasteiger partial charge in [0.2, 0.25) is 0 Å². The van der Waals surface area contributed by atoms with Crippen LogP contribution in [0.2, 0.25) is 10.0 Å². The highest BCUT2D eigenvalue weighted by Gasteiger charge is 2.22. The van der Waals surface area contributed by atoms with Crippen molar-refractivity contribution in [1.82, 2.24) is 0 Å². The van der Waals surface area contributed by atoms with Crippen molar-refractivity contribution in [2.75, 3.05) is 0 Å². The summed E-state index contributed by atoms with van der Waals surface area (Å²) in [5, 5.41) is 11.2. The summed E-state index contributed by atoms with van der Waals surface area (Å²) in [4.78, 5) is 12.3. The van der Waals surface area contributed by atoms with E-state index >= 15 is 0 Å². The third-order valence-corrected chi connectivity index (χ3v) is 3.91. The third-order valence-electron chi connectivity index (χ3n) is 2.38. The highest BCUT2D eigenvalue weighted by Crippen LogP contribution is 2.27. The summed E-state index contributed by atoms with van der Waals surface area (Å²) in [6.07, 6.45) is 0.664. The van der Waals surface area contributed by atoms with Gasteiger partial charge in [-0.05, 0) is 42.3 Å². The molecule has 0 aliphatic carbocycles. The topological polar surface area (TPSA) is 40.9 Å². The Bertz CT molecular complexity index is 482. The molecule has 96 valence electrons. The fourth-order valence-corrected chi connectivity index (χ4v) is 2.69. The molecule has 1 unspecified atom stereocenters. The van der Waals surface area contributed by atoms with Gasteiger partial charge in [-0.3, -0.25) is 4.79 Å². The average Bonchev–Trinajstić information content (AvgIpc) is 2.31. The van der Waals surface area contributed by atoms with Gasteiger partial charge in [0.05, 0.1) is 15.3 Å². The van der Waals surface area contributed by atoms with Crippen LogP contribution in [0, 0.1) is 16.6 Å². The summed E-state index contributed by atoms with van der Waals surface area (Å²) in [5.74, 6) is 0.274. The molecule has 0 aromatic heterocycles. The number of hydrogen-bond acceptors (Lipinski definition) is 3. The van der Waals surface area contributed by atoms with Crippen molar-refractivity contribution in [3.05, 3.63) is 33.8 Å². The highest BCUT2D eigenvalue weighted by molar-refractivity contribution is 8.05. The molecule has 0 N–H and O–H groups in total. The third kappa shape index (κ3) is 4.20. The molecular formula is C13H13Cl2NOS. The maximum absolute atomic E-state index is 12.3. The Hall–Kier alpha value is -0.690. The van der Waals surface area contributed by atoms with E-state index in [2.05, 4.69) is 0 Å². The summed E-state index contributed by atoms with van der Waals surface area (Å²) in [6.45, 7) is 4.04. The van der Waals surface area contributed by atoms with Gasteiger partial charge >= 0.3 is 0 Å². The molecule has 0 aliphatic heterocycles. The molecule has 1 atom stereocenters. The minimum absolute atomic E-state index is 0.0752. The maximum atomic E-state index is 12.3. The zero-order valence-electron chi connectivity index (χ0n) is 10.1. The van der Waals surface area contributed by atoms with Crippen LogP contribution in [0.15, 0.2) is 18.2 Å². The Morgan fingerprint density at radius 2 is 2.06 bits per heavy atom. The molecular weight excluding hydrogens is 289 g/mol. The zero-order chi connectivity index (χ0) is 13.7. The average molecular weight is 302 g/mol. The number of nitriles is 1. The lowest BCUT2D eigenvalue weighted by atomic mass is 10.0. The smallest absolute Gasteiger partial charge is 0.176 e. The predicted molar refractivity (Wildman–Crippen MR) is 77.2 cm³/mol. The van der Waals surface area contributed by atoms with Gasteiger partial charge in [0.25, 0.3) is 0 Å². The molecule has 1 aromatic carbocycles. The lowest BCUT2D eigenvalue weighted by molar-refractivity contribution is 0.0982. The van der Waals surface area contributed by atoms with Crippen LogP contribution in [-0.2, 0) is 0 Å². The van der Waals surface area contributed by atoms with Crippen molar-refractivity contribution in [3.63, 3.8) is 0 Å². The molecule has 0 fully saturated rings. The maximum Gasteiger partial charge on any atom is 0.176 e. The molecule has 1 aromatic rings. The lowest BCUT2D eigenvalue weighted by Crippen LogP contribution is -2.19. The number of ketones is 1. The summed E-state index contributed by atoms with van der Waals surface area (Å²) >= 11 is 12.7. The van der Waals surface area contributed by atoms with Gasteiger partial charge in [-0.1, -0.05) is 37.0 Å². The number of Topliss-reactive ketones (excluding diaryl/α,β-unsaturated/α-hetero) is 1. The first-order chi connectivity index (χ1) is 8.45. The molecule has 18 heavy (non-hydrogen) atoms. The Kier molecular flexibility index (Phi) is 6.01. The molecule has 1 rings (SSSR count). The number of nitrogens with zero attached hydrogens (tertiary/aromatic N) is 1. The predicted octanol–water partition coefficient (Wildman–Crippen LogP) is 4.81. The van der Waals surface area contributed by atoms with Crippen LogP contribution in [0.4, 0.5) is 0 Å². The number of carbonyl (C=O) groups excluding carboxylic acids is 1. The molecule has 0 heterocycles. The number of carbonyl (C=O) groups is 1. The molecule has 0 saturated carbocycles. The molecule has 0 amide bonds.